The van der Waals surface area contributed by atoms with E-state index in [-0.39, 0.29) is 29.2 Å². The summed E-state index contributed by atoms with van der Waals surface area (Å²) in [5.74, 6) is 0.718. The summed E-state index contributed by atoms with van der Waals surface area (Å²) in [6, 6.07) is 3.39. The van der Waals surface area contributed by atoms with Crippen LogP contribution in [0.2, 0.25) is 5.15 Å². The molecule has 2 amide bonds. The van der Waals surface area contributed by atoms with Gasteiger partial charge < -0.3 is 14.4 Å². The van der Waals surface area contributed by atoms with Crippen molar-refractivity contribution < 1.29 is 19.1 Å². The monoisotopic (exact) mass is 395 g/mol. The molecule has 3 heterocycles. The van der Waals surface area contributed by atoms with Gasteiger partial charge >= 0.3 is 6.09 Å². The average Bonchev–Trinajstić information content (AvgIpc) is 3.00. The first-order valence-corrected chi connectivity index (χ1v) is 9.72. The van der Waals surface area contributed by atoms with E-state index in [1.54, 1.807) is 17.0 Å². The van der Waals surface area contributed by atoms with E-state index in [0.717, 1.165) is 19.3 Å². The third-order valence-electron chi connectivity index (χ3n) is 5.12. The van der Waals surface area contributed by atoms with Crippen molar-refractivity contribution in [1.82, 2.24) is 14.8 Å². The van der Waals surface area contributed by atoms with Crippen LogP contribution in [0.1, 0.15) is 43.5 Å². The fourth-order valence-electron chi connectivity index (χ4n) is 3.87. The molecular formula is C19H26ClN3O4. The Morgan fingerprint density at radius 2 is 2.07 bits per heavy atom. The second-order valence-electron chi connectivity index (χ2n) is 7.51. The molecule has 0 bridgehead atoms. The Morgan fingerprint density at radius 1 is 1.37 bits per heavy atom. The number of rotatable bonds is 5. The number of hydrogen-bond acceptors (Lipinski definition) is 5. The first-order valence-electron chi connectivity index (χ1n) is 9.35. The van der Waals surface area contributed by atoms with Crippen molar-refractivity contribution in [2.24, 2.45) is 5.92 Å². The largest absolute Gasteiger partial charge is 0.481 e. The zero-order chi connectivity index (χ0) is 19.6. The van der Waals surface area contributed by atoms with Gasteiger partial charge in [0.25, 0.3) is 5.91 Å². The number of carbonyl (C=O) groups excluding carboxylic acids is 2. The van der Waals surface area contributed by atoms with Gasteiger partial charge in [0.15, 0.2) is 0 Å². The van der Waals surface area contributed by atoms with Crippen LogP contribution >= 0.6 is 11.6 Å². The number of aromatic nitrogens is 1. The molecule has 0 aliphatic carbocycles. The number of halogens is 1. The van der Waals surface area contributed by atoms with E-state index in [1.807, 2.05) is 4.90 Å². The van der Waals surface area contributed by atoms with Crippen molar-refractivity contribution in [3.05, 3.63) is 22.8 Å². The summed E-state index contributed by atoms with van der Waals surface area (Å²) >= 11 is 5.97. The van der Waals surface area contributed by atoms with E-state index in [4.69, 9.17) is 21.1 Å². The van der Waals surface area contributed by atoms with Crippen LogP contribution < -0.4 is 4.74 Å². The molecular weight excluding hydrogens is 370 g/mol. The maximum absolute atomic E-state index is 12.8. The van der Waals surface area contributed by atoms with Gasteiger partial charge in [0, 0.05) is 30.8 Å². The van der Waals surface area contributed by atoms with Gasteiger partial charge in [-0.25, -0.2) is 9.78 Å². The molecule has 1 aromatic rings. The predicted octanol–water partition coefficient (Wildman–Crippen LogP) is 3.22. The molecule has 2 saturated heterocycles. The molecule has 1 atom stereocenters. The standard InChI is InChI=1S/C19H26ClN3O4/c1-12(2)8-15-11-27-19(25)23(15)14-4-6-22(7-5-14)18(24)13-9-16(20)21-17(10-13)26-3/h9-10,12,14-15H,4-8,11H2,1-3H3. The van der Waals surface area contributed by atoms with E-state index in [2.05, 4.69) is 18.8 Å². The fourth-order valence-corrected chi connectivity index (χ4v) is 4.08. The van der Waals surface area contributed by atoms with Crippen LogP contribution in [0.5, 0.6) is 5.88 Å². The molecule has 0 radical (unpaired) electrons. The third-order valence-corrected chi connectivity index (χ3v) is 5.31. The molecule has 148 valence electrons. The van der Waals surface area contributed by atoms with Crippen molar-refractivity contribution in [2.75, 3.05) is 26.8 Å². The molecule has 0 aromatic carbocycles. The number of carbonyl (C=O) groups is 2. The molecule has 0 N–H and O–H groups in total. The first kappa shape index (κ1) is 19.7. The zero-order valence-electron chi connectivity index (χ0n) is 16.0. The molecule has 2 fully saturated rings. The minimum Gasteiger partial charge on any atom is -0.481 e. The second kappa shape index (κ2) is 8.33. The van der Waals surface area contributed by atoms with Crippen molar-refractivity contribution >= 4 is 23.6 Å². The Hall–Kier alpha value is -2.02. The highest BCUT2D eigenvalue weighted by molar-refractivity contribution is 6.29. The van der Waals surface area contributed by atoms with Gasteiger partial charge in [-0.3, -0.25) is 9.69 Å². The number of nitrogens with zero attached hydrogens (tertiary/aromatic N) is 3. The summed E-state index contributed by atoms with van der Waals surface area (Å²) in [4.78, 5) is 32.7. The van der Waals surface area contributed by atoms with Crippen molar-refractivity contribution in [2.45, 2.75) is 45.2 Å². The SMILES string of the molecule is COc1cc(C(=O)N2CCC(N3C(=O)OCC3CC(C)C)CC2)cc(Cl)n1. The lowest BCUT2D eigenvalue weighted by molar-refractivity contribution is 0.0630. The van der Waals surface area contributed by atoms with Crippen LogP contribution in [0.3, 0.4) is 0 Å². The van der Waals surface area contributed by atoms with Crippen molar-refractivity contribution in [3.63, 3.8) is 0 Å². The Bertz CT molecular complexity index is 704. The minimum absolute atomic E-state index is 0.0984. The topological polar surface area (TPSA) is 72.0 Å². The highest BCUT2D eigenvalue weighted by Gasteiger charge is 2.40. The van der Waals surface area contributed by atoms with E-state index in [1.165, 1.54) is 7.11 Å². The smallest absolute Gasteiger partial charge is 0.410 e. The quantitative estimate of drug-likeness (QED) is 0.716. The number of pyridine rings is 1. The van der Waals surface area contributed by atoms with Gasteiger partial charge in [0.1, 0.15) is 11.8 Å². The molecule has 2 aliphatic heterocycles. The fraction of sp³-hybridized carbons (Fsp3) is 0.632. The molecule has 7 nitrogen and oxygen atoms in total. The summed E-state index contributed by atoms with van der Waals surface area (Å²) in [5, 5.41) is 0.226. The van der Waals surface area contributed by atoms with E-state index in [9.17, 15) is 9.59 Å². The number of likely N-dealkylation sites (tertiary alicyclic amines) is 1. The van der Waals surface area contributed by atoms with Gasteiger partial charge in [0.2, 0.25) is 5.88 Å². The normalized spacial score (nSPS) is 20.9. The van der Waals surface area contributed by atoms with E-state index >= 15 is 0 Å². The second-order valence-corrected chi connectivity index (χ2v) is 7.90. The van der Waals surface area contributed by atoms with Crippen LogP contribution in [-0.2, 0) is 4.74 Å². The Balaban J connectivity index is 1.64. The highest BCUT2D eigenvalue weighted by Crippen LogP contribution is 2.28. The molecule has 3 rings (SSSR count). The summed E-state index contributed by atoms with van der Waals surface area (Å²) in [6.07, 6.45) is 2.19. The van der Waals surface area contributed by atoms with Gasteiger partial charge in [-0.05, 0) is 31.2 Å². The molecule has 0 spiro atoms. The van der Waals surface area contributed by atoms with Crippen molar-refractivity contribution in [3.8, 4) is 5.88 Å². The maximum atomic E-state index is 12.8. The number of ether oxygens (including phenoxy) is 2. The number of methoxy groups -OCH3 is 1. The highest BCUT2D eigenvalue weighted by atomic mass is 35.5. The summed E-state index contributed by atoms with van der Waals surface area (Å²) < 4.78 is 10.4. The number of cyclic esters (lactones) is 1. The average molecular weight is 396 g/mol. The van der Waals surface area contributed by atoms with Gasteiger partial charge in [-0.15, -0.1) is 0 Å². The lowest BCUT2D eigenvalue weighted by Gasteiger charge is -2.38. The van der Waals surface area contributed by atoms with Crippen LogP contribution in [0.25, 0.3) is 0 Å². The van der Waals surface area contributed by atoms with E-state index < -0.39 is 0 Å². The van der Waals surface area contributed by atoms with Gasteiger partial charge in [-0.2, -0.15) is 0 Å². The van der Waals surface area contributed by atoms with Crippen LogP contribution in [0, 0.1) is 5.92 Å². The summed E-state index contributed by atoms with van der Waals surface area (Å²) in [6.45, 7) is 5.94. The van der Waals surface area contributed by atoms with Gasteiger partial charge in [0.05, 0.1) is 13.2 Å². The Labute approximate surface area is 164 Å². The minimum atomic E-state index is -0.226. The summed E-state index contributed by atoms with van der Waals surface area (Å²) in [7, 11) is 1.49. The zero-order valence-corrected chi connectivity index (χ0v) is 16.7. The third kappa shape index (κ3) is 4.46. The number of piperidine rings is 1. The van der Waals surface area contributed by atoms with E-state index in [0.29, 0.717) is 37.1 Å². The molecule has 1 aromatic heterocycles. The predicted molar refractivity (Wildman–Crippen MR) is 101 cm³/mol. The molecule has 8 heteroatoms. The van der Waals surface area contributed by atoms with Crippen molar-refractivity contribution in [1.29, 1.82) is 0 Å². The Kier molecular flexibility index (Phi) is 6.09. The van der Waals surface area contributed by atoms with Crippen LogP contribution in [0.15, 0.2) is 12.1 Å². The van der Waals surface area contributed by atoms with Crippen LogP contribution in [0.4, 0.5) is 4.79 Å². The summed E-state index contributed by atoms with van der Waals surface area (Å²) in [5.41, 5.74) is 0.462. The Morgan fingerprint density at radius 3 is 2.70 bits per heavy atom. The lowest BCUT2D eigenvalue weighted by atomic mass is 9.98. The molecule has 2 aliphatic rings. The number of amides is 2. The van der Waals surface area contributed by atoms with Crippen LogP contribution in [-0.4, -0.2) is 65.7 Å². The molecule has 27 heavy (non-hydrogen) atoms. The first-order chi connectivity index (χ1) is 12.9. The number of hydrogen-bond donors (Lipinski definition) is 0. The van der Waals surface area contributed by atoms with Gasteiger partial charge in [-0.1, -0.05) is 25.4 Å². The molecule has 1 unspecified atom stereocenters. The molecule has 0 saturated carbocycles. The lowest BCUT2D eigenvalue weighted by Crippen LogP contribution is -2.50. The maximum Gasteiger partial charge on any atom is 0.410 e.